The minimum Gasteiger partial charge on any atom is -0.462 e. The summed E-state index contributed by atoms with van der Waals surface area (Å²) in [6.45, 7) is 1.70. The van der Waals surface area contributed by atoms with E-state index in [2.05, 4.69) is 15.5 Å². The highest BCUT2D eigenvalue weighted by atomic mass is 19.4. The van der Waals surface area contributed by atoms with Crippen LogP contribution in [0, 0.1) is 0 Å². The maximum Gasteiger partial charge on any atom is 0.405 e. The average molecular weight is 442 g/mol. The lowest BCUT2D eigenvalue weighted by atomic mass is 9.89. The van der Waals surface area contributed by atoms with E-state index in [-0.39, 0.29) is 6.54 Å². The standard InChI is InChI=1S/C21H29F3N4O3/c22-21(23,24)14-27-19(29)26-9-8-25-16-4-5-18-15(12-16)13-30-20(31-18)6-10-28(11-7-20)17-2-1-3-17/h4-5,12,17,25H,1-3,6-11,13-14H2,(H2,26,27,29). The van der Waals surface area contributed by atoms with Crippen LogP contribution in [-0.2, 0) is 11.3 Å². The smallest absolute Gasteiger partial charge is 0.405 e. The number of hydrogen-bond donors (Lipinski definition) is 3. The number of urea groups is 1. The summed E-state index contributed by atoms with van der Waals surface area (Å²) in [6, 6.07) is 5.65. The Hall–Kier alpha value is -2.20. The van der Waals surface area contributed by atoms with Crippen LogP contribution < -0.4 is 20.7 Å². The minimum atomic E-state index is -4.42. The number of benzene rings is 1. The second-order valence-corrected chi connectivity index (χ2v) is 8.40. The van der Waals surface area contributed by atoms with Gasteiger partial charge in [0.2, 0.25) is 5.79 Å². The van der Waals surface area contributed by atoms with Crippen LogP contribution in [0.15, 0.2) is 18.2 Å². The molecule has 2 heterocycles. The molecule has 31 heavy (non-hydrogen) atoms. The predicted molar refractivity (Wildman–Crippen MR) is 109 cm³/mol. The topological polar surface area (TPSA) is 74.9 Å². The van der Waals surface area contributed by atoms with Crippen molar-refractivity contribution in [3.05, 3.63) is 23.8 Å². The third-order valence-corrected chi connectivity index (χ3v) is 6.19. The SMILES string of the molecule is O=C(NCCNc1ccc2c(c1)COC1(CCN(C3CCC3)CC1)O2)NCC(F)(F)F. The maximum absolute atomic E-state index is 12.1. The number of anilines is 1. The second-order valence-electron chi connectivity index (χ2n) is 8.40. The first kappa shape index (κ1) is 22.0. The molecule has 2 amide bonds. The number of piperidine rings is 1. The molecule has 0 radical (unpaired) electrons. The first-order chi connectivity index (χ1) is 14.8. The summed E-state index contributed by atoms with van der Waals surface area (Å²) in [5.41, 5.74) is 1.78. The maximum atomic E-state index is 12.1. The van der Waals surface area contributed by atoms with E-state index in [1.807, 2.05) is 18.2 Å². The molecule has 3 aliphatic rings. The van der Waals surface area contributed by atoms with Gasteiger partial charge < -0.3 is 25.4 Å². The number of nitrogens with one attached hydrogen (secondary N) is 3. The zero-order valence-electron chi connectivity index (χ0n) is 17.4. The van der Waals surface area contributed by atoms with Crippen LogP contribution in [-0.4, -0.2) is 61.7 Å². The molecule has 0 bridgehead atoms. The number of fused-ring (bicyclic) bond motifs is 1. The third-order valence-electron chi connectivity index (χ3n) is 6.19. The van der Waals surface area contributed by atoms with Crippen LogP contribution in [0.1, 0.15) is 37.7 Å². The number of hydrogen-bond acceptors (Lipinski definition) is 5. The number of alkyl halides is 3. The summed E-state index contributed by atoms with van der Waals surface area (Å²) in [5.74, 6) is 0.300. The molecule has 7 nitrogen and oxygen atoms in total. The quantitative estimate of drug-likeness (QED) is 0.590. The fraction of sp³-hybridized carbons (Fsp3) is 0.667. The van der Waals surface area contributed by atoms with Crippen molar-refractivity contribution < 1.29 is 27.4 Å². The highest BCUT2D eigenvalue weighted by molar-refractivity contribution is 5.73. The van der Waals surface area contributed by atoms with Crippen molar-refractivity contribution >= 4 is 11.7 Å². The number of halogens is 3. The molecule has 0 unspecified atom stereocenters. The Morgan fingerprint density at radius 2 is 1.94 bits per heavy atom. The van der Waals surface area contributed by atoms with E-state index in [0.717, 1.165) is 49.0 Å². The molecule has 172 valence electrons. The van der Waals surface area contributed by atoms with Crippen LogP contribution in [0.5, 0.6) is 5.75 Å². The zero-order valence-corrected chi connectivity index (χ0v) is 17.4. The summed E-state index contributed by atoms with van der Waals surface area (Å²) in [4.78, 5) is 13.9. The van der Waals surface area contributed by atoms with Gasteiger partial charge in [-0.3, -0.25) is 4.90 Å². The van der Waals surface area contributed by atoms with Crippen molar-refractivity contribution in [1.82, 2.24) is 15.5 Å². The molecular weight excluding hydrogens is 413 g/mol. The van der Waals surface area contributed by atoms with Crippen molar-refractivity contribution in [3.63, 3.8) is 0 Å². The molecule has 1 saturated heterocycles. The van der Waals surface area contributed by atoms with Crippen LogP contribution in [0.4, 0.5) is 23.7 Å². The first-order valence-electron chi connectivity index (χ1n) is 10.8. The van der Waals surface area contributed by atoms with E-state index < -0.39 is 24.5 Å². The molecule has 4 rings (SSSR count). The van der Waals surface area contributed by atoms with Gasteiger partial charge in [-0.25, -0.2) is 4.79 Å². The molecule has 2 aliphatic heterocycles. The van der Waals surface area contributed by atoms with E-state index >= 15 is 0 Å². The third kappa shape index (κ3) is 5.74. The van der Waals surface area contributed by atoms with Gasteiger partial charge >= 0.3 is 12.2 Å². The Balaban J connectivity index is 1.21. The lowest BCUT2D eigenvalue weighted by Crippen LogP contribution is -2.54. The van der Waals surface area contributed by atoms with Crippen molar-refractivity contribution in [1.29, 1.82) is 0 Å². The molecular formula is C21H29F3N4O3. The normalized spacial score (nSPS) is 21.0. The fourth-order valence-electron chi connectivity index (χ4n) is 4.19. The van der Waals surface area contributed by atoms with E-state index in [1.54, 1.807) is 5.32 Å². The second kappa shape index (κ2) is 9.12. The van der Waals surface area contributed by atoms with Gasteiger partial charge in [-0.15, -0.1) is 0 Å². The Bertz CT molecular complexity index is 778. The predicted octanol–water partition coefficient (Wildman–Crippen LogP) is 3.21. The highest BCUT2D eigenvalue weighted by Crippen LogP contribution is 2.40. The van der Waals surface area contributed by atoms with Crippen LogP contribution in [0.25, 0.3) is 0 Å². The van der Waals surface area contributed by atoms with Crippen molar-refractivity contribution in [2.75, 3.05) is 38.0 Å². The van der Waals surface area contributed by atoms with E-state index in [1.165, 1.54) is 19.3 Å². The fourth-order valence-corrected chi connectivity index (χ4v) is 4.19. The number of rotatable bonds is 6. The van der Waals surface area contributed by atoms with Gasteiger partial charge in [0, 0.05) is 56.3 Å². The molecule has 1 spiro atoms. The van der Waals surface area contributed by atoms with Crippen molar-refractivity contribution in [2.45, 2.75) is 56.7 Å². The lowest BCUT2D eigenvalue weighted by Gasteiger charge is -2.47. The van der Waals surface area contributed by atoms with E-state index in [0.29, 0.717) is 13.2 Å². The summed E-state index contributed by atoms with van der Waals surface area (Å²) >= 11 is 0. The highest BCUT2D eigenvalue weighted by Gasteiger charge is 2.42. The molecule has 1 aliphatic carbocycles. The van der Waals surface area contributed by atoms with Gasteiger partial charge in [0.15, 0.2) is 0 Å². The van der Waals surface area contributed by atoms with Gasteiger partial charge in [-0.05, 0) is 31.0 Å². The van der Waals surface area contributed by atoms with Crippen LogP contribution >= 0.6 is 0 Å². The first-order valence-corrected chi connectivity index (χ1v) is 10.8. The monoisotopic (exact) mass is 442 g/mol. The summed E-state index contributed by atoms with van der Waals surface area (Å²) in [7, 11) is 0. The molecule has 10 heteroatoms. The van der Waals surface area contributed by atoms with Gasteiger partial charge in [0.1, 0.15) is 12.3 Å². The number of ether oxygens (including phenoxy) is 2. The number of nitrogens with zero attached hydrogens (tertiary/aromatic N) is 1. The van der Waals surface area contributed by atoms with E-state index in [4.69, 9.17) is 9.47 Å². The Morgan fingerprint density at radius 1 is 1.16 bits per heavy atom. The molecule has 0 atom stereocenters. The molecule has 1 aromatic carbocycles. The van der Waals surface area contributed by atoms with E-state index in [9.17, 15) is 18.0 Å². The number of carbonyl (C=O) groups excluding carboxylic acids is 1. The number of carbonyl (C=O) groups is 1. The number of amides is 2. The minimum absolute atomic E-state index is 0.189. The molecule has 1 aromatic rings. The largest absolute Gasteiger partial charge is 0.462 e. The summed E-state index contributed by atoms with van der Waals surface area (Å²) in [6.07, 6.45) is 1.26. The summed E-state index contributed by atoms with van der Waals surface area (Å²) in [5, 5.41) is 7.29. The van der Waals surface area contributed by atoms with Crippen molar-refractivity contribution in [2.24, 2.45) is 0 Å². The Labute approximate surface area is 179 Å². The van der Waals surface area contributed by atoms with Gasteiger partial charge in [-0.2, -0.15) is 13.2 Å². The molecule has 0 aromatic heterocycles. The molecule has 1 saturated carbocycles. The van der Waals surface area contributed by atoms with Crippen LogP contribution in [0.3, 0.4) is 0 Å². The van der Waals surface area contributed by atoms with Crippen molar-refractivity contribution in [3.8, 4) is 5.75 Å². The molecule has 2 fully saturated rings. The van der Waals surface area contributed by atoms with Crippen LogP contribution in [0.2, 0.25) is 0 Å². The van der Waals surface area contributed by atoms with Gasteiger partial charge in [0.05, 0.1) is 6.61 Å². The average Bonchev–Trinajstić information content (AvgIpc) is 2.70. The zero-order chi connectivity index (χ0) is 21.9. The summed E-state index contributed by atoms with van der Waals surface area (Å²) < 4.78 is 48.6. The Morgan fingerprint density at radius 3 is 2.61 bits per heavy atom. The van der Waals surface area contributed by atoms with Gasteiger partial charge in [-0.1, -0.05) is 6.42 Å². The Kier molecular flexibility index (Phi) is 6.47. The molecule has 3 N–H and O–H groups in total. The lowest BCUT2D eigenvalue weighted by molar-refractivity contribution is -0.231. The number of likely N-dealkylation sites (tertiary alicyclic amines) is 1. The van der Waals surface area contributed by atoms with Gasteiger partial charge in [0.25, 0.3) is 0 Å².